The third-order valence-electron chi connectivity index (χ3n) is 4.31. The van der Waals surface area contributed by atoms with Crippen molar-refractivity contribution in [3.8, 4) is 0 Å². The maximum Gasteiger partial charge on any atom is 0.228 e. The Morgan fingerprint density at radius 1 is 1.00 bits per heavy atom. The van der Waals surface area contributed by atoms with Gasteiger partial charge in [-0.25, -0.2) is 0 Å². The predicted molar refractivity (Wildman–Crippen MR) is 68.1 cm³/mol. The maximum absolute atomic E-state index is 12.5. The lowest BCUT2D eigenvalue weighted by Gasteiger charge is -2.39. The van der Waals surface area contributed by atoms with E-state index in [-0.39, 0.29) is 34.9 Å². The Morgan fingerprint density at radius 3 is 2.11 bits per heavy atom. The van der Waals surface area contributed by atoms with Crippen LogP contribution in [-0.2, 0) is 19.1 Å². The van der Waals surface area contributed by atoms with Crippen LogP contribution in [0.3, 0.4) is 0 Å². The van der Waals surface area contributed by atoms with Crippen molar-refractivity contribution in [3.05, 3.63) is 34.3 Å². The maximum atomic E-state index is 12.5. The quantitative estimate of drug-likeness (QED) is 0.562. The highest BCUT2D eigenvalue weighted by atomic mass is 16.5. The molecular weight excluding hydrogens is 244 g/mol. The summed E-state index contributed by atoms with van der Waals surface area (Å²) in [5, 5.41) is 0. The van der Waals surface area contributed by atoms with E-state index in [2.05, 4.69) is 6.08 Å². The van der Waals surface area contributed by atoms with Crippen molar-refractivity contribution >= 4 is 11.6 Å². The predicted octanol–water partition coefficient (Wildman–Crippen LogP) is 1.93. The van der Waals surface area contributed by atoms with E-state index in [9.17, 15) is 9.59 Å². The van der Waals surface area contributed by atoms with E-state index in [0.29, 0.717) is 11.1 Å². The van der Waals surface area contributed by atoms with Crippen molar-refractivity contribution in [1.82, 2.24) is 0 Å². The molecule has 0 amide bonds. The molecule has 4 aliphatic carbocycles. The molecule has 0 saturated carbocycles. The minimum Gasteiger partial charge on any atom is -0.489 e. The molecule has 4 heteroatoms. The van der Waals surface area contributed by atoms with Crippen LogP contribution in [0.25, 0.3) is 0 Å². The summed E-state index contributed by atoms with van der Waals surface area (Å²) in [7, 11) is 2.79. The van der Waals surface area contributed by atoms with Crippen molar-refractivity contribution in [3.63, 3.8) is 0 Å². The molecule has 2 atom stereocenters. The molecule has 100 valence electrons. The van der Waals surface area contributed by atoms with Gasteiger partial charge in [-0.1, -0.05) is 11.6 Å². The SMILES string of the molecule is COC1=C(OC)C(=O)C2=C(C1=O)[C@H]1CC[C@H]2C=C1C. The topological polar surface area (TPSA) is 52.6 Å². The highest BCUT2D eigenvalue weighted by molar-refractivity contribution is 6.24. The first kappa shape index (κ1) is 12.2. The van der Waals surface area contributed by atoms with Crippen LogP contribution in [0.2, 0.25) is 0 Å². The van der Waals surface area contributed by atoms with Gasteiger partial charge in [0.15, 0.2) is 0 Å². The van der Waals surface area contributed by atoms with E-state index in [1.165, 1.54) is 19.8 Å². The summed E-state index contributed by atoms with van der Waals surface area (Å²) in [4.78, 5) is 25.0. The minimum absolute atomic E-state index is 0.0462. The van der Waals surface area contributed by atoms with Gasteiger partial charge in [0, 0.05) is 23.0 Å². The molecule has 0 aromatic heterocycles. The summed E-state index contributed by atoms with van der Waals surface area (Å²) < 4.78 is 10.2. The molecule has 0 aromatic rings. The molecule has 4 rings (SSSR count). The van der Waals surface area contributed by atoms with E-state index in [0.717, 1.165) is 12.8 Å². The van der Waals surface area contributed by atoms with Crippen LogP contribution < -0.4 is 0 Å². The lowest BCUT2D eigenvalue weighted by molar-refractivity contribution is -0.122. The summed E-state index contributed by atoms with van der Waals surface area (Å²) in [5.41, 5.74) is 2.45. The summed E-state index contributed by atoms with van der Waals surface area (Å²) in [6.07, 6.45) is 3.98. The van der Waals surface area contributed by atoms with E-state index in [4.69, 9.17) is 9.47 Å². The Morgan fingerprint density at radius 2 is 1.58 bits per heavy atom. The molecule has 0 radical (unpaired) electrons. The Bertz CT molecular complexity index is 577. The van der Waals surface area contributed by atoms with Gasteiger partial charge in [0.2, 0.25) is 23.1 Å². The van der Waals surface area contributed by atoms with E-state index in [1.807, 2.05) is 6.92 Å². The number of methoxy groups -OCH3 is 2. The molecule has 4 nitrogen and oxygen atoms in total. The van der Waals surface area contributed by atoms with Gasteiger partial charge in [-0.2, -0.15) is 0 Å². The minimum atomic E-state index is -0.188. The van der Waals surface area contributed by atoms with Crippen LogP contribution in [0.1, 0.15) is 19.8 Å². The fourth-order valence-corrected chi connectivity index (χ4v) is 3.47. The number of allylic oxidation sites excluding steroid dienone is 4. The van der Waals surface area contributed by atoms with Crippen LogP contribution in [-0.4, -0.2) is 25.8 Å². The highest BCUT2D eigenvalue weighted by Gasteiger charge is 2.46. The van der Waals surface area contributed by atoms with Crippen molar-refractivity contribution < 1.29 is 19.1 Å². The number of fused-ring (bicyclic) bond motifs is 1. The van der Waals surface area contributed by atoms with Gasteiger partial charge in [-0.15, -0.1) is 0 Å². The molecule has 4 aliphatic rings. The third-order valence-corrected chi connectivity index (χ3v) is 4.31. The highest BCUT2D eigenvalue weighted by Crippen LogP contribution is 2.48. The molecule has 0 fully saturated rings. The van der Waals surface area contributed by atoms with Gasteiger partial charge in [0.1, 0.15) is 0 Å². The smallest absolute Gasteiger partial charge is 0.228 e. The Kier molecular flexibility index (Phi) is 2.62. The largest absolute Gasteiger partial charge is 0.489 e. The number of carbonyl (C=O) groups excluding carboxylic acids is 2. The average molecular weight is 260 g/mol. The van der Waals surface area contributed by atoms with Gasteiger partial charge in [0.05, 0.1) is 14.2 Å². The Hall–Kier alpha value is -1.84. The zero-order chi connectivity index (χ0) is 13.7. The monoisotopic (exact) mass is 260 g/mol. The van der Waals surface area contributed by atoms with E-state index in [1.54, 1.807) is 0 Å². The van der Waals surface area contributed by atoms with Gasteiger partial charge in [0.25, 0.3) is 0 Å². The molecule has 2 bridgehead atoms. The van der Waals surface area contributed by atoms with E-state index >= 15 is 0 Å². The molecule has 0 heterocycles. The van der Waals surface area contributed by atoms with Crippen molar-refractivity contribution in [2.75, 3.05) is 14.2 Å². The number of hydrogen-bond acceptors (Lipinski definition) is 4. The molecule has 0 aromatic carbocycles. The second-order valence-corrected chi connectivity index (χ2v) is 5.20. The number of Topliss-reactive ketones (excluding diaryl/α,β-unsaturated/α-hetero) is 2. The first-order valence-electron chi connectivity index (χ1n) is 6.44. The Balaban J connectivity index is 2.17. The zero-order valence-corrected chi connectivity index (χ0v) is 11.3. The Labute approximate surface area is 111 Å². The molecule has 0 spiro atoms. The average Bonchev–Trinajstić information content (AvgIpc) is 2.42. The number of carbonyl (C=O) groups is 2. The van der Waals surface area contributed by atoms with Crippen molar-refractivity contribution in [2.45, 2.75) is 19.8 Å². The molecule has 0 saturated heterocycles. The molecule has 0 aliphatic heterocycles. The zero-order valence-electron chi connectivity index (χ0n) is 11.3. The normalized spacial score (nSPS) is 29.5. The molecule has 19 heavy (non-hydrogen) atoms. The lowest BCUT2D eigenvalue weighted by Crippen LogP contribution is -2.38. The number of ether oxygens (including phenoxy) is 2. The first-order chi connectivity index (χ1) is 9.10. The standard InChI is InChI=1S/C15H16O4/c1-7-6-8-4-5-9(7)11-10(8)12(16)14(18-2)15(19-3)13(11)17/h6,8-9H,4-5H2,1-3H3/t8-,9-/m0/s1. The van der Waals surface area contributed by atoms with Crippen LogP contribution in [0, 0.1) is 11.8 Å². The summed E-state index contributed by atoms with van der Waals surface area (Å²) >= 11 is 0. The fraction of sp³-hybridized carbons (Fsp3) is 0.467. The first-order valence-corrected chi connectivity index (χ1v) is 6.44. The van der Waals surface area contributed by atoms with Crippen molar-refractivity contribution in [2.24, 2.45) is 11.8 Å². The van der Waals surface area contributed by atoms with Crippen LogP contribution in [0.15, 0.2) is 34.3 Å². The van der Waals surface area contributed by atoms with Gasteiger partial charge in [-0.3, -0.25) is 9.59 Å². The second kappa shape index (κ2) is 4.08. The third kappa shape index (κ3) is 1.46. The summed E-state index contributed by atoms with van der Waals surface area (Å²) in [6.45, 7) is 2.03. The number of ketones is 2. The molecular formula is C15H16O4. The molecule has 0 N–H and O–H groups in total. The lowest BCUT2D eigenvalue weighted by atomic mass is 9.64. The van der Waals surface area contributed by atoms with Crippen LogP contribution in [0.5, 0.6) is 0 Å². The second-order valence-electron chi connectivity index (χ2n) is 5.20. The van der Waals surface area contributed by atoms with Gasteiger partial charge < -0.3 is 9.47 Å². The fourth-order valence-electron chi connectivity index (χ4n) is 3.47. The summed E-state index contributed by atoms with van der Waals surface area (Å²) in [5.74, 6) is -0.153. The van der Waals surface area contributed by atoms with Crippen LogP contribution >= 0.6 is 0 Å². The van der Waals surface area contributed by atoms with Crippen LogP contribution in [0.4, 0.5) is 0 Å². The van der Waals surface area contributed by atoms with Crippen molar-refractivity contribution in [1.29, 1.82) is 0 Å². The number of hydrogen-bond donors (Lipinski definition) is 0. The van der Waals surface area contributed by atoms with Gasteiger partial charge >= 0.3 is 0 Å². The number of rotatable bonds is 2. The van der Waals surface area contributed by atoms with Gasteiger partial charge in [-0.05, 0) is 19.8 Å². The summed E-state index contributed by atoms with van der Waals surface area (Å²) in [6, 6.07) is 0. The van der Waals surface area contributed by atoms with E-state index < -0.39 is 0 Å². The molecule has 0 unspecified atom stereocenters.